The van der Waals surface area contributed by atoms with Gasteiger partial charge in [0.2, 0.25) is 0 Å². The molecule has 9 heteroatoms. The zero-order valence-corrected chi connectivity index (χ0v) is 8.50. The van der Waals surface area contributed by atoms with Crippen LogP contribution in [0.15, 0.2) is 0 Å². The van der Waals surface area contributed by atoms with Crippen molar-refractivity contribution in [3.63, 3.8) is 0 Å². The van der Waals surface area contributed by atoms with Crippen molar-refractivity contribution in [1.82, 2.24) is 0 Å². The van der Waals surface area contributed by atoms with Crippen molar-refractivity contribution in [2.45, 2.75) is 0 Å². The quantitative estimate of drug-likeness (QED) is 0.324. The van der Waals surface area contributed by atoms with Gasteiger partial charge < -0.3 is 19.2 Å². The molecule has 0 saturated carbocycles. The van der Waals surface area contributed by atoms with Gasteiger partial charge in [0.1, 0.15) is 0 Å². The van der Waals surface area contributed by atoms with Crippen LogP contribution in [0.4, 0.5) is 0 Å². The Balaban J connectivity index is -0.0000000133. The molecule has 47 valence electrons. The number of hydrogen-bond acceptors (Lipinski definition) is 4. The Labute approximate surface area is 97.0 Å². The third-order valence-electron chi connectivity index (χ3n) is 0. The molecule has 0 atom stereocenters. The zero-order valence-electron chi connectivity index (χ0n) is 4.18. The Morgan fingerprint density at radius 2 is 1.11 bits per heavy atom. The summed E-state index contributed by atoms with van der Waals surface area (Å²) in [7, 11) is -5.39. The Morgan fingerprint density at radius 1 is 1.11 bits per heavy atom. The SMILES string of the molecule is O=P([O-])([O-])[O-].[Co+2].[Li+].[Ni+2].[V+5]. The molecule has 0 aromatic rings. The van der Waals surface area contributed by atoms with Crippen LogP contribution in [0.5, 0.6) is 0 Å². The van der Waals surface area contributed by atoms with Gasteiger partial charge in [-0.05, 0) is 0 Å². The molecule has 4 nitrogen and oxygen atoms in total. The van der Waals surface area contributed by atoms with Gasteiger partial charge >= 0.3 is 70.7 Å². The summed E-state index contributed by atoms with van der Waals surface area (Å²) >= 11 is 0. The van der Waals surface area contributed by atoms with Crippen LogP contribution < -0.4 is 33.5 Å². The summed E-state index contributed by atoms with van der Waals surface area (Å²) in [5.74, 6) is 0. The molecule has 0 rings (SSSR count). The molecule has 0 aromatic carbocycles. The molecule has 0 fully saturated rings. The molecule has 0 aliphatic rings. The van der Waals surface area contributed by atoms with Crippen molar-refractivity contribution >= 4 is 7.82 Å². The fourth-order valence-corrected chi connectivity index (χ4v) is 0. The minimum atomic E-state index is -5.39. The Kier molecular flexibility index (Phi) is 43.4. The predicted molar refractivity (Wildman–Crippen MR) is 7.61 cm³/mol. The Bertz CT molecular complexity index is 66.7. The molecule has 0 unspecified atom stereocenters. The van der Waals surface area contributed by atoms with E-state index in [1.165, 1.54) is 0 Å². The minimum Gasteiger partial charge on any atom is -0.822 e. The second kappa shape index (κ2) is 12.9. The van der Waals surface area contributed by atoms with E-state index in [0.29, 0.717) is 0 Å². The maximum absolute atomic E-state index is 8.55. The van der Waals surface area contributed by atoms with E-state index in [2.05, 4.69) is 0 Å². The van der Waals surface area contributed by atoms with E-state index in [1.807, 2.05) is 0 Å². The number of rotatable bonds is 0. The van der Waals surface area contributed by atoms with E-state index in [-0.39, 0.29) is 70.7 Å². The average Bonchev–Trinajstić information content (AvgIpc) is 0.722. The first-order valence-corrected chi connectivity index (χ1v) is 2.19. The van der Waals surface area contributed by atoms with Crippen LogP contribution in [-0.2, 0) is 56.4 Å². The van der Waals surface area contributed by atoms with Gasteiger partial charge in [0.05, 0.1) is 0 Å². The molecule has 0 saturated heterocycles. The maximum atomic E-state index is 8.55. The molecule has 0 aliphatic carbocycles. The molecular formula is CoLiNiO4PV+7. The average molecular weight is 270 g/mol. The van der Waals surface area contributed by atoms with E-state index < -0.39 is 7.82 Å². The van der Waals surface area contributed by atoms with Crippen molar-refractivity contribution in [1.29, 1.82) is 0 Å². The van der Waals surface area contributed by atoms with Crippen molar-refractivity contribution in [3.8, 4) is 0 Å². The summed E-state index contributed by atoms with van der Waals surface area (Å²) in [4.78, 5) is 25.6. The maximum Gasteiger partial charge on any atom is 5.00 e. The smallest absolute Gasteiger partial charge is 0.822 e. The number of hydrogen-bond donors (Lipinski definition) is 0. The predicted octanol–water partition coefficient (Wildman–Crippen LogP) is -5.83. The summed E-state index contributed by atoms with van der Waals surface area (Å²) in [5, 5.41) is 0. The van der Waals surface area contributed by atoms with E-state index in [9.17, 15) is 0 Å². The van der Waals surface area contributed by atoms with E-state index in [0.717, 1.165) is 0 Å². The zero-order chi connectivity index (χ0) is 4.50. The van der Waals surface area contributed by atoms with Gasteiger partial charge in [-0.25, -0.2) is 0 Å². The second-order valence-electron chi connectivity index (χ2n) is 0.447. The molecule has 0 aliphatic heterocycles. The van der Waals surface area contributed by atoms with E-state index >= 15 is 0 Å². The van der Waals surface area contributed by atoms with Crippen LogP contribution in [0.25, 0.3) is 0 Å². The minimum absolute atomic E-state index is 0. The third-order valence-corrected chi connectivity index (χ3v) is 0. The molecule has 0 aromatic heterocycles. The first kappa shape index (κ1) is 30.2. The molecule has 0 bridgehead atoms. The third kappa shape index (κ3) is 135. The van der Waals surface area contributed by atoms with Gasteiger partial charge in [-0.2, -0.15) is 7.82 Å². The van der Waals surface area contributed by atoms with Crippen molar-refractivity contribution < 1.29 is 89.9 Å². The summed E-state index contributed by atoms with van der Waals surface area (Å²) in [6.45, 7) is 0. The topological polar surface area (TPSA) is 86.2 Å². The van der Waals surface area contributed by atoms with Crippen LogP contribution >= 0.6 is 7.82 Å². The number of phosphoric acid groups is 1. The van der Waals surface area contributed by atoms with Crippen molar-refractivity contribution in [2.24, 2.45) is 0 Å². The summed E-state index contributed by atoms with van der Waals surface area (Å²) in [6.07, 6.45) is 0. The van der Waals surface area contributed by atoms with Crippen LogP contribution in [-0.4, -0.2) is 0 Å². The van der Waals surface area contributed by atoms with Gasteiger partial charge in [0.15, 0.2) is 0 Å². The van der Waals surface area contributed by atoms with Gasteiger partial charge in [-0.15, -0.1) is 0 Å². The fraction of sp³-hybridized carbons (Fsp3) is 0. The fourth-order valence-electron chi connectivity index (χ4n) is 0. The Hall–Kier alpha value is 2.29. The van der Waals surface area contributed by atoms with Crippen molar-refractivity contribution in [3.05, 3.63) is 0 Å². The Morgan fingerprint density at radius 3 is 1.11 bits per heavy atom. The van der Waals surface area contributed by atoms with Gasteiger partial charge in [0.25, 0.3) is 0 Å². The van der Waals surface area contributed by atoms with Crippen LogP contribution in [0.3, 0.4) is 0 Å². The molecular weight excluding hydrogens is 270 g/mol. The van der Waals surface area contributed by atoms with Gasteiger partial charge in [0, 0.05) is 0 Å². The molecule has 9 heavy (non-hydrogen) atoms. The standard InChI is InChI=1S/Co.Li.Ni.H3O4P.V/c;;;1-5(2,3)4;/h;;;(H3,1,2,3,4);/q+2;+1;+2;;+5/p-3. The van der Waals surface area contributed by atoms with E-state index in [4.69, 9.17) is 19.2 Å². The molecule has 1 radical (unpaired) electrons. The molecule has 0 spiro atoms. The van der Waals surface area contributed by atoms with Gasteiger partial charge in [-0.3, -0.25) is 0 Å². The van der Waals surface area contributed by atoms with Gasteiger partial charge in [-0.1, -0.05) is 0 Å². The summed E-state index contributed by atoms with van der Waals surface area (Å²) in [6, 6.07) is 0. The molecule has 0 heterocycles. The first-order chi connectivity index (χ1) is 2.00. The summed E-state index contributed by atoms with van der Waals surface area (Å²) < 4.78 is 8.55. The van der Waals surface area contributed by atoms with Crippen LogP contribution in [0.2, 0.25) is 0 Å². The second-order valence-corrected chi connectivity index (χ2v) is 1.34. The van der Waals surface area contributed by atoms with Crippen LogP contribution in [0, 0.1) is 0 Å². The van der Waals surface area contributed by atoms with E-state index in [1.54, 1.807) is 0 Å². The molecule has 0 N–H and O–H groups in total. The normalized spacial score (nSPS) is 6.56. The first-order valence-electron chi connectivity index (χ1n) is 0.730. The van der Waals surface area contributed by atoms with Crippen molar-refractivity contribution in [2.75, 3.05) is 0 Å². The largest absolute Gasteiger partial charge is 5.00 e. The van der Waals surface area contributed by atoms with Crippen LogP contribution in [0.1, 0.15) is 0 Å². The summed E-state index contributed by atoms with van der Waals surface area (Å²) in [5.41, 5.74) is 0. The monoisotopic (exact) mass is 270 g/mol. The molecule has 0 amide bonds.